The first-order valence-corrected chi connectivity index (χ1v) is 11.5. The number of Topliss-reactive ketones (excluding diaryl/α,β-unsaturated/α-hetero) is 1. The second kappa shape index (κ2) is 7.43. The van der Waals surface area contributed by atoms with Crippen LogP contribution in [0.3, 0.4) is 0 Å². The van der Waals surface area contributed by atoms with Crippen LogP contribution < -0.4 is 5.32 Å². The number of rotatable bonds is 5. The molecule has 3 aromatic carbocycles. The van der Waals surface area contributed by atoms with Crippen LogP contribution in [-0.4, -0.2) is 44.7 Å². The van der Waals surface area contributed by atoms with Gasteiger partial charge in [-0.1, -0.05) is 25.1 Å². The zero-order valence-electron chi connectivity index (χ0n) is 15.8. The topological polar surface area (TPSA) is 155 Å². The van der Waals surface area contributed by atoms with E-state index in [-0.39, 0.29) is 44.9 Å². The molecule has 3 rings (SSSR count). The van der Waals surface area contributed by atoms with Crippen molar-refractivity contribution in [2.45, 2.75) is 23.1 Å². The summed E-state index contributed by atoms with van der Waals surface area (Å²) < 4.78 is 68.7. The van der Waals surface area contributed by atoms with E-state index in [1.165, 1.54) is 25.2 Å². The molecule has 0 aliphatic heterocycles. The fourth-order valence-electron chi connectivity index (χ4n) is 3.37. The van der Waals surface area contributed by atoms with Crippen LogP contribution in [-0.2, 0) is 20.2 Å². The normalized spacial score (nSPS) is 12.3. The Kier molecular flexibility index (Phi) is 5.41. The van der Waals surface area contributed by atoms with E-state index in [4.69, 9.17) is 0 Å². The summed E-state index contributed by atoms with van der Waals surface area (Å²) in [6, 6.07) is 7.15. The Bertz CT molecular complexity index is 1330. The van der Waals surface area contributed by atoms with Gasteiger partial charge >= 0.3 is 0 Å². The van der Waals surface area contributed by atoms with Gasteiger partial charge in [-0.15, -0.1) is 0 Å². The van der Waals surface area contributed by atoms with Gasteiger partial charge in [0.05, 0.1) is 0 Å². The third-order valence-corrected chi connectivity index (χ3v) is 6.58. The standard InChI is InChI=1S/C19H17NO8S2/c1-3-16(21)10-4-6-12-14(8-10)17(29(23,24)25)13-7-5-11(19(22)20-2)9-15(13)18(12)30(26,27)28/h4-9H,3H2,1-2H3,(H,20,22)(H,23,24,25)(H,26,27,28). The highest BCUT2D eigenvalue weighted by Gasteiger charge is 2.28. The molecule has 0 spiro atoms. The van der Waals surface area contributed by atoms with E-state index in [2.05, 4.69) is 5.32 Å². The van der Waals surface area contributed by atoms with E-state index in [0.29, 0.717) is 0 Å². The van der Waals surface area contributed by atoms with Gasteiger partial charge in [0.1, 0.15) is 9.79 Å². The molecule has 0 fully saturated rings. The molecule has 3 N–H and O–H groups in total. The van der Waals surface area contributed by atoms with Gasteiger partial charge < -0.3 is 5.32 Å². The van der Waals surface area contributed by atoms with Gasteiger partial charge in [0, 0.05) is 46.1 Å². The van der Waals surface area contributed by atoms with E-state index >= 15 is 0 Å². The van der Waals surface area contributed by atoms with Gasteiger partial charge in [-0.2, -0.15) is 16.8 Å². The maximum absolute atomic E-state index is 12.2. The third-order valence-electron chi connectivity index (χ3n) is 4.67. The van der Waals surface area contributed by atoms with Crippen LogP contribution >= 0.6 is 0 Å². The number of carbonyl (C=O) groups excluding carboxylic acids is 2. The second-order valence-electron chi connectivity index (χ2n) is 6.48. The predicted octanol–water partition coefficient (Wildman–Crippen LogP) is 2.44. The minimum Gasteiger partial charge on any atom is -0.355 e. The Morgan fingerprint density at radius 3 is 1.63 bits per heavy atom. The van der Waals surface area contributed by atoms with Gasteiger partial charge in [0.2, 0.25) is 0 Å². The summed E-state index contributed by atoms with van der Waals surface area (Å²) >= 11 is 0. The highest BCUT2D eigenvalue weighted by molar-refractivity contribution is 7.87. The molecule has 30 heavy (non-hydrogen) atoms. The largest absolute Gasteiger partial charge is 0.355 e. The molecule has 0 aliphatic carbocycles. The van der Waals surface area contributed by atoms with Crippen molar-refractivity contribution in [2.24, 2.45) is 0 Å². The molecule has 0 heterocycles. The van der Waals surface area contributed by atoms with Crippen molar-refractivity contribution in [1.82, 2.24) is 5.32 Å². The van der Waals surface area contributed by atoms with Crippen LogP contribution in [0, 0.1) is 0 Å². The number of ketones is 1. The first-order chi connectivity index (χ1) is 13.9. The minimum atomic E-state index is -4.90. The number of fused-ring (bicyclic) bond motifs is 2. The lowest BCUT2D eigenvalue weighted by molar-refractivity contribution is 0.0961. The lowest BCUT2D eigenvalue weighted by Crippen LogP contribution is -2.18. The van der Waals surface area contributed by atoms with Crippen LogP contribution in [0.5, 0.6) is 0 Å². The second-order valence-corrected chi connectivity index (χ2v) is 9.20. The molecule has 158 valence electrons. The Morgan fingerprint density at radius 1 is 0.800 bits per heavy atom. The van der Waals surface area contributed by atoms with E-state index < -0.39 is 35.9 Å². The van der Waals surface area contributed by atoms with Crippen molar-refractivity contribution in [3.63, 3.8) is 0 Å². The van der Waals surface area contributed by atoms with Gasteiger partial charge in [-0.25, -0.2) is 0 Å². The fraction of sp³-hybridized carbons (Fsp3) is 0.158. The number of carbonyl (C=O) groups is 2. The fourth-order valence-corrected chi connectivity index (χ4v) is 5.17. The lowest BCUT2D eigenvalue weighted by Gasteiger charge is -2.15. The monoisotopic (exact) mass is 451 g/mol. The van der Waals surface area contributed by atoms with Crippen LogP contribution in [0.2, 0.25) is 0 Å². The van der Waals surface area contributed by atoms with Crippen molar-refractivity contribution < 1.29 is 35.5 Å². The maximum Gasteiger partial charge on any atom is 0.295 e. The van der Waals surface area contributed by atoms with E-state index in [9.17, 15) is 35.5 Å². The van der Waals surface area contributed by atoms with Gasteiger partial charge in [0.25, 0.3) is 26.1 Å². The Hall–Kier alpha value is -2.86. The molecule has 0 unspecified atom stereocenters. The van der Waals surface area contributed by atoms with Crippen LogP contribution in [0.1, 0.15) is 34.1 Å². The molecule has 0 bridgehead atoms. The summed E-state index contributed by atoms with van der Waals surface area (Å²) in [5, 5.41) is 1.39. The number of benzene rings is 3. The SMILES string of the molecule is CCC(=O)c1ccc2c(S(=O)(=O)O)c3cc(C(=O)NC)ccc3c(S(=O)(=O)O)c2c1. The zero-order valence-corrected chi connectivity index (χ0v) is 17.5. The van der Waals surface area contributed by atoms with Gasteiger partial charge in [-0.05, 0) is 18.2 Å². The molecular weight excluding hydrogens is 434 g/mol. The molecule has 9 nitrogen and oxygen atoms in total. The van der Waals surface area contributed by atoms with E-state index in [1.807, 2.05) is 0 Å². The number of amides is 1. The van der Waals surface area contributed by atoms with Crippen molar-refractivity contribution in [2.75, 3.05) is 7.05 Å². The van der Waals surface area contributed by atoms with E-state index in [1.54, 1.807) is 6.92 Å². The van der Waals surface area contributed by atoms with Gasteiger partial charge in [0.15, 0.2) is 5.78 Å². The number of hydrogen-bond donors (Lipinski definition) is 3. The first-order valence-electron chi connectivity index (χ1n) is 8.64. The highest BCUT2D eigenvalue weighted by atomic mass is 32.2. The summed E-state index contributed by atoms with van der Waals surface area (Å²) in [6.45, 7) is 1.60. The molecule has 0 radical (unpaired) electrons. The molecule has 0 aromatic heterocycles. The average molecular weight is 451 g/mol. The molecule has 11 heteroatoms. The number of hydrogen-bond acceptors (Lipinski definition) is 6. The van der Waals surface area contributed by atoms with Crippen LogP contribution in [0.25, 0.3) is 21.5 Å². The molecule has 0 atom stereocenters. The molecule has 3 aromatic rings. The summed E-state index contributed by atoms with van der Waals surface area (Å²) in [4.78, 5) is 22.8. The third kappa shape index (κ3) is 3.67. The Labute approximate surface area is 172 Å². The van der Waals surface area contributed by atoms with Crippen LogP contribution in [0.15, 0.2) is 46.2 Å². The summed E-state index contributed by atoms with van der Waals surface area (Å²) in [5.74, 6) is -0.905. The molecular formula is C19H17NO8S2. The molecule has 0 saturated carbocycles. The van der Waals surface area contributed by atoms with Gasteiger partial charge in [-0.3, -0.25) is 18.7 Å². The first kappa shape index (κ1) is 21.8. The highest BCUT2D eigenvalue weighted by Crippen LogP contribution is 2.39. The summed E-state index contributed by atoms with van der Waals surface area (Å²) in [5.41, 5.74) is 0.117. The lowest BCUT2D eigenvalue weighted by atomic mass is 9.98. The van der Waals surface area contributed by atoms with Crippen molar-refractivity contribution in [3.05, 3.63) is 47.5 Å². The smallest absolute Gasteiger partial charge is 0.295 e. The average Bonchev–Trinajstić information content (AvgIpc) is 2.67. The Morgan fingerprint density at radius 2 is 1.23 bits per heavy atom. The zero-order chi connectivity index (χ0) is 22.4. The van der Waals surface area contributed by atoms with Crippen molar-refractivity contribution >= 4 is 53.5 Å². The van der Waals surface area contributed by atoms with Crippen molar-refractivity contribution in [1.29, 1.82) is 0 Å². The molecule has 1 amide bonds. The minimum absolute atomic E-state index is 0.00770. The predicted molar refractivity (Wildman–Crippen MR) is 109 cm³/mol. The van der Waals surface area contributed by atoms with Crippen molar-refractivity contribution in [3.8, 4) is 0 Å². The summed E-state index contributed by atoms with van der Waals surface area (Å²) in [7, 11) is -8.44. The molecule has 0 aliphatic rings. The molecule has 0 saturated heterocycles. The van der Waals surface area contributed by atoms with E-state index in [0.717, 1.165) is 18.2 Å². The quantitative estimate of drug-likeness (QED) is 0.303. The number of nitrogens with one attached hydrogen (secondary N) is 1. The van der Waals surface area contributed by atoms with Crippen LogP contribution in [0.4, 0.5) is 0 Å². The Balaban J connectivity index is 2.68. The summed E-state index contributed by atoms with van der Waals surface area (Å²) in [6.07, 6.45) is 0.112. The maximum atomic E-state index is 12.2.